The number of alkyl carbamates (subject to hydrolysis) is 1. The van der Waals surface area contributed by atoms with Crippen molar-refractivity contribution in [3.63, 3.8) is 0 Å². The van der Waals surface area contributed by atoms with E-state index in [4.69, 9.17) is 9.47 Å². The Kier molecular flexibility index (Phi) is 9.22. The summed E-state index contributed by atoms with van der Waals surface area (Å²) in [6.45, 7) is 5.35. The van der Waals surface area contributed by atoms with Gasteiger partial charge in [-0.2, -0.15) is 0 Å². The molecule has 3 atom stereocenters. The van der Waals surface area contributed by atoms with E-state index in [1.165, 1.54) is 0 Å². The molecule has 2 amide bonds. The van der Waals surface area contributed by atoms with Crippen molar-refractivity contribution in [1.82, 2.24) is 10.6 Å². The fourth-order valence-corrected chi connectivity index (χ4v) is 5.17. The van der Waals surface area contributed by atoms with E-state index >= 15 is 0 Å². The predicted molar refractivity (Wildman–Crippen MR) is 152 cm³/mol. The van der Waals surface area contributed by atoms with Crippen molar-refractivity contribution in [2.24, 2.45) is 0 Å². The molecule has 0 heterocycles. The third-order valence-corrected chi connectivity index (χ3v) is 7.35. The Balaban J connectivity index is 1.40. The van der Waals surface area contributed by atoms with Crippen molar-refractivity contribution in [1.29, 1.82) is 0 Å². The number of carboxylic acid groups (broad SMARTS) is 1. The Hall–Kier alpha value is -4.17. The third kappa shape index (κ3) is 6.51. The van der Waals surface area contributed by atoms with E-state index < -0.39 is 35.7 Å². The van der Waals surface area contributed by atoms with Crippen molar-refractivity contribution in [3.05, 3.63) is 95.6 Å². The molecule has 3 unspecified atom stereocenters. The number of carboxylic acids is 1. The number of aliphatic carboxylic acids is 1. The highest BCUT2D eigenvalue weighted by atomic mass is 16.5. The van der Waals surface area contributed by atoms with Gasteiger partial charge in [0.2, 0.25) is 5.91 Å². The highest BCUT2D eigenvalue weighted by molar-refractivity contribution is 5.92. The molecule has 0 aliphatic heterocycles. The average Bonchev–Trinajstić information content (AvgIpc) is 3.27. The van der Waals surface area contributed by atoms with Crippen LogP contribution in [0.2, 0.25) is 0 Å². The number of fused-ring (bicyclic) bond motifs is 3. The van der Waals surface area contributed by atoms with Crippen LogP contribution in [0.1, 0.15) is 56.2 Å². The van der Waals surface area contributed by atoms with E-state index in [1.807, 2.05) is 73.7 Å². The van der Waals surface area contributed by atoms with Gasteiger partial charge in [-0.05, 0) is 48.1 Å². The summed E-state index contributed by atoms with van der Waals surface area (Å²) in [6, 6.07) is 24.1. The summed E-state index contributed by atoms with van der Waals surface area (Å²) in [4.78, 5) is 38.4. The van der Waals surface area contributed by atoms with Crippen molar-refractivity contribution in [3.8, 4) is 11.1 Å². The van der Waals surface area contributed by atoms with Gasteiger partial charge in [0.05, 0.1) is 12.7 Å². The van der Waals surface area contributed by atoms with Crippen molar-refractivity contribution in [2.75, 3.05) is 6.61 Å². The van der Waals surface area contributed by atoms with Crippen LogP contribution in [-0.2, 0) is 25.7 Å². The number of hydrogen-bond donors (Lipinski definition) is 3. The van der Waals surface area contributed by atoms with Crippen LogP contribution in [0.15, 0.2) is 78.9 Å². The summed E-state index contributed by atoms with van der Waals surface area (Å²) in [5.41, 5.74) is 3.90. The van der Waals surface area contributed by atoms with Gasteiger partial charge in [0.1, 0.15) is 12.1 Å². The molecule has 1 aliphatic carbocycles. The maximum atomic E-state index is 13.4. The molecule has 0 radical (unpaired) electrons. The van der Waals surface area contributed by atoms with Crippen LogP contribution in [0.5, 0.6) is 0 Å². The highest BCUT2D eigenvalue weighted by Crippen LogP contribution is 2.44. The Morgan fingerprint density at radius 1 is 0.925 bits per heavy atom. The number of carbonyl (C=O) groups is 3. The Labute approximate surface area is 234 Å². The summed E-state index contributed by atoms with van der Waals surface area (Å²) >= 11 is 0. The smallest absolute Gasteiger partial charge is 0.408 e. The van der Waals surface area contributed by atoms with Gasteiger partial charge in [0.15, 0.2) is 6.04 Å². The van der Waals surface area contributed by atoms with E-state index in [1.54, 1.807) is 13.8 Å². The molecule has 0 aromatic heterocycles. The molecule has 8 nitrogen and oxygen atoms in total. The summed E-state index contributed by atoms with van der Waals surface area (Å²) in [7, 11) is 0. The molecule has 210 valence electrons. The minimum atomic E-state index is -1.38. The third-order valence-electron chi connectivity index (χ3n) is 7.35. The Morgan fingerprint density at radius 3 is 2.08 bits per heavy atom. The Bertz CT molecular complexity index is 1300. The zero-order valence-corrected chi connectivity index (χ0v) is 23.1. The molecular weight excluding hydrogens is 508 g/mol. The fourth-order valence-electron chi connectivity index (χ4n) is 5.17. The van der Waals surface area contributed by atoms with Crippen LogP contribution in [-0.4, -0.2) is 47.4 Å². The molecule has 3 aromatic carbocycles. The lowest BCUT2D eigenvalue weighted by Gasteiger charge is -2.31. The maximum Gasteiger partial charge on any atom is 0.408 e. The summed E-state index contributed by atoms with van der Waals surface area (Å²) in [5, 5.41) is 15.1. The van der Waals surface area contributed by atoms with Gasteiger partial charge >= 0.3 is 12.1 Å². The molecule has 1 aliphatic rings. The number of carbonyl (C=O) groups excluding carboxylic acids is 2. The van der Waals surface area contributed by atoms with E-state index in [2.05, 4.69) is 22.8 Å². The number of nitrogens with one attached hydrogen (secondary N) is 2. The van der Waals surface area contributed by atoms with Gasteiger partial charge in [-0.3, -0.25) is 4.79 Å². The maximum absolute atomic E-state index is 13.4. The highest BCUT2D eigenvalue weighted by Gasteiger charge is 2.39. The minimum absolute atomic E-state index is 0.103. The van der Waals surface area contributed by atoms with Gasteiger partial charge in [0, 0.05) is 5.92 Å². The summed E-state index contributed by atoms with van der Waals surface area (Å²) in [6.07, 6.45) is -0.699. The molecule has 3 N–H and O–H groups in total. The number of ether oxygens (including phenoxy) is 2. The first-order chi connectivity index (χ1) is 19.2. The van der Waals surface area contributed by atoms with Crippen LogP contribution in [0, 0.1) is 0 Å². The van der Waals surface area contributed by atoms with Crippen molar-refractivity contribution < 1.29 is 29.0 Å². The molecule has 0 bridgehead atoms. The zero-order chi connectivity index (χ0) is 28.7. The number of benzene rings is 3. The van der Waals surface area contributed by atoms with Crippen LogP contribution >= 0.6 is 0 Å². The molecule has 0 saturated carbocycles. The largest absolute Gasteiger partial charge is 0.480 e. The van der Waals surface area contributed by atoms with Gasteiger partial charge in [-0.1, -0.05) is 92.2 Å². The second-order valence-corrected chi connectivity index (χ2v) is 10.3. The number of rotatable bonds is 12. The number of amides is 2. The van der Waals surface area contributed by atoms with E-state index in [9.17, 15) is 19.5 Å². The van der Waals surface area contributed by atoms with Crippen LogP contribution < -0.4 is 10.6 Å². The van der Waals surface area contributed by atoms with Crippen LogP contribution in [0.3, 0.4) is 0 Å². The molecule has 0 spiro atoms. The molecule has 0 fully saturated rings. The molecule has 4 rings (SSSR count). The van der Waals surface area contributed by atoms with Crippen LogP contribution in [0.4, 0.5) is 4.79 Å². The first-order valence-corrected chi connectivity index (χ1v) is 13.6. The molecule has 8 heteroatoms. The lowest BCUT2D eigenvalue weighted by atomic mass is 9.94. The first kappa shape index (κ1) is 28.8. The van der Waals surface area contributed by atoms with Gasteiger partial charge in [0.25, 0.3) is 0 Å². The minimum Gasteiger partial charge on any atom is -0.480 e. The van der Waals surface area contributed by atoms with Gasteiger partial charge in [-0.25, -0.2) is 9.59 Å². The standard InChI is InChI=1S/C32H36N2O6/c1-4-18-32(3,30(37)33-28(29(35)36)21(2)39-19-22-12-6-5-7-13-22)34-31(38)40-20-27-25-16-10-8-14-23(25)24-15-9-11-17-26(24)27/h5-17,21,27-28H,4,18-20H2,1-3H3,(H,33,37)(H,34,38)(H,35,36). The first-order valence-electron chi connectivity index (χ1n) is 13.6. The predicted octanol–water partition coefficient (Wildman–Crippen LogP) is 5.26. The van der Waals surface area contributed by atoms with Crippen LogP contribution in [0.25, 0.3) is 11.1 Å². The quantitative estimate of drug-likeness (QED) is 0.287. The number of hydrogen-bond acceptors (Lipinski definition) is 5. The van der Waals surface area contributed by atoms with Crippen molar-refractivity contribution in [2.45, 2.75) is 63.8 Å². The van der Waals surface area contributed by atoms with Gasteiger partial charge in [-0.15, -0.1) is 0 Å². The van der Waals surface area contributed by atoms with E-state index in [-0.39, 0.29) is 25.6 Å². The molecular formula is C32H36N2O6. The normalized spacial score (nSPS) is 15.2. The van der Waals surface area contributed by atoms with Crippen molar-refractivity contribution >= 4 is 18.0 Å². The summed E-state index contributed by atoms with van der Waals surface area (Å²) < 4.78 is 11.4. The van der Waals surface area contributed by atoms with Gasteiger partial charge < -0.3 is 25.2 Å². The molecule has 0 saturated heterocycles. The topological polar surface area (TPSA) is 114 Å². The fraction of sp³-hybridized carbons (Fsp3) is 0.344. The Morgan fingerprint density at radius 2 is 1.50 bits per heavy atom. The monoisotopic (exact) mass is 544 g/mol. The van der Waals surface area contributed by atoms with E-state index in [0.29, 0.717) is 6.42 Å². The average molecular weight is 545 g/mol. The second kappa shape index (κ2) is 12.8. The SMILES string of the molecule is CCCC(C)(NC(=O)OCC1c2ccccc2-c2ccccc21)C(=O)NC(C(=O)O)C(C)OCc1ccccc1. The zero-order valence-electron chi connectivity index (χ0n) is 23.1. The second-order valence-electron chi connectivity index (χ2n) is 10.3. The van der Waals surface area contributed by atoms with E-state index in [0.717, 1.165) is 27.8 Å². The lowest BCUT2D eigenvalue weighted by Crippen LogP contribution is -2.61. The lowest BCUT2D eigenvalue weighted by molar-refractivity contribution is -0.147. The summed E-state index contributed by atoms with van der Waals surface area (Å²) in [5.74, 6) is -1.97. The molecule has 40 heavy (non-hydrogen) atoms. The molecule has 3 aromatic rings.